The first kappa shape index (κ1) is 10.4. The van der Waals surface area contributed by atoms with Crippen molar-refractivity contribution in [1.29, 1.82) is 0 Å². The normalized spacial score (nSPS) is 10.5. The number of methoxy groups -OCH3 is 1. The van der Waals surface area contributed by atoms with Gasteiger partial charge in [-0.3, -0.25) is 0 Å². The first-order valence-corrected chi connectivity index (χ1v) is 4.04. The molecule has 0 radical (unpaired) electrons. The fourth-order valence-electron chi connectivity index (χ4n) is 0.750. The van der Waals surface area contributed by atoms with Crippen LogP contribution in [0.4, 0.5) is 0 Å². The van der Waals surface area contributed by atoms with Crippen molar-refractivity contribution in [3.63, 3.8) is 0 Å². The van der Waals surface area contributed by atoms with Crippen LogP contribution in [0, 0.1) is 0 Å². The molecule has 0 aromatic carbocycles. The van der Waals surface area contributed by atoms with Crippen LogP contribution in [-0.4, -0.2) is 13.7 Å². The number of hydrogen-bond acceptors (Lipinski definition) is 1. The second-order valence-electron chi connectivity index (χ2n) is 2.79. The van der Waals surface area contributed by atoms with Gasteiger partial charge in [-0.2, -0.15) is 0 Å². The van der Waals surface area contributed by atoms with Crippen LogP contribution < -0.4 is 0 Å². The van der Waals surface area contributed by atoms with E-state index in [4.69, 9.17) is 4.74 Å². The second kappa shape index (κ2) is 7.55. The Morgan fingerprint density at radius 3 is 2.45 bits per heavy atom. The van der Waals surface area contributed by atoms with Gasteiger partial charge in [0.15, 0.2) is 0 Å². The van der Waals surface area contributed by atoms with Crippen LogP contribution in [0.5, 0.6) is 0 Å². The summed E-state index contributed by atoms with van der Waals surface area (Å²) in [5.41, 5.74) is 1.39. The summed E-state index contributed by atoms with van der Waals surface area (Å²) in [6.45, 7) is 4.98. The molecule has 0 spiro atoms. The van der Waals surface area contributed by atoms with Crippen LogP contribution in [0.25, 0.3) is 0 Å². The van der Waals surface area contributed by atoms with Crippen molar-refractivity contribution in [3.05, 3.63) is 23.8 Å². The Bertz CT molecular complexity index is 130. The predicted molar refractivity (Wildman–Crippen MR) is 49.7 cm³/mol. The molecule has 0 atom stereocenters. The van der Waals surface area contributed by atoms with Gasteiger partial charge in [0.05, 0.1) is 6.61 Å². The molecule has 0 heterocycles. The van der Waals surface area contributed by atoms with Crippen molar-refractivity contribution in [3.8, 4) is 0 Å². The molecule has 0 bridgehead atoms. The van der Waals surface area contributed by atoms with Crippen LogP contribution >= 0.6 is 0 Å². The molecule has 0 aliphatic rings. The highest BCUT2D eigenvalue weighted by atomic mass is 16.5. The lowest BCUT2D eigenvalue weighted by atomic mass is 10.2. The maximum Gasteiger partial charge on any atom is 0.0643 e. The van der Waals surface area contributed by atoms with E-state index in [1.54, 1.807) is 7.11 Å². The molecule has 11 heavy (non-hydrogen) atoms. The average molecular weight is 154 g/mol. The van der Waals surface area contributed by atoms with Crippen molar-refractivity contribution in [1.82, 2.24) is 0 Å². The van der Waals surface area contributed by atoms with Crippen molar-refractivity contribution >= 4 is 0 Å². The molecule has 1 nitrogen and oxygen atoms in total. The van der Waals surface area contributed by atoms with Gasteiger partial charge >= 0.3 is 0 Å². The third kappa shape index (κ3) is 9.44. The maximum absolute atomic E-state index is 4.87. The zero-order valence-corrected chi connectivity index (χ0v) is 7.76. The van der Waals surface area contributed by atoms with Gasteiger partial charge in [-0.05, 0) is 26.7 Å². The van der Waals surface area contributed by atoms with E-state index in [1.165, 1.54) is 5.57 Å². The van der Waals surface area contributed by atoms with Crippen molar-refractivity contribution in [2.45, 2.75) is 26.7 Å². The summed E-state index contributed by atoms with van der Waals surface area (Å²) in [5.74, 6) is 0. The molecular formula is C10H18O. The van der Waals surface area contributed by atoms with Crippen LogP contribution in [0.15, 0.2) is 23.8 Å². The van der Waals surface area contributed by atoms with Gasteiger partial charge in [0.2, 0.25) is 0 Å². The van der Waals surface area contributed by atoms with Crippen LogP contribution in [0.3, 0.4) is 0 Å². The Kier molecular flexibility index (Phi) is 7.16. The van der Waals surface area contributed by atoms with E-state index in [2.05, 4.69) is 32.1 Å². The number of unbranched alkanes of at least 4 members (excludes halogenated alkanes) is 1. The second-order valence-corrected chi connectivity index (χ2v) is 2.79. The monoisotopic (exact) mass is 154 g/mol. The molecular weight excluding hydrogens is 136 g/mol. The van der Waals surface area contributed by atoms with E-state index in [-0.39, 0.29) is 0 Å². The lowest BCUT2D eigenvalue weighted by Crippen LogP contribution is -1.79. The van der Waals surface area contributed by atoms with Crippen molar-refractivity contribution in [2.75, 3.05) is 13.7 Å². The number of ether oxygens (including phenoxy) is 1. The Balaban J connectivity index is 3.20. The zero-order valence-electron chi connectivity index (χ0n) is 7.76. The van der Waals surface area contributed by atoms with Gasteiger partial charge in [-0.1, -0.05) is 23.8 Å². The Morgan fingerprint density at radius 1 is 1.18 bits per heavy atom. The number of rotatable bonds is 5. The van der Waals surface area contributed by atoms with E-state index < -0.39 is 0 Å². The van der Waals surface area contributed by atoms with Gasteiger partial charge < -0.3 is 4.74 Å². The zero-order chi connectivity index (χ0) is 8.53. The molecule has 0 saturated carbocycles. The molecule has 0 amide bonds. The van der Waals surface area contributed by atoms with Gasteiger partial charge in [0.1, 0.15) is 0 Å². The molecule has 0 rings (SSSR count). The quantitative estimate of drug-likeness (QED) is 0.437. The lowest BCUT2D eigenvalue weighted by molar-refractivity contribution is 0.233. The minimum Gasteiger partial charge on any atom is -0.381 e. The predicted octanol–water partition coefficient (Wildman–Crippen LogP) is 2.94. The topological polar surface area (TPSA) is 9.23 Å². The smallest absolute Gasteiger partial charge is 0.0643 e. The first-order chi connectivity index (χ1) is 5.27. The van der Waals surface area contributed by atoms with E-state index in [9.17, 15) is 0 Å². The van der Waals surface area contributed by atoms with Crippen LogP contribution in [-0.2, 0) is 4.74 Å². The standard InChI is InChI=1S/C10H18O/c1-10(2)8-6-4-5-7-9-11-3/h5,7-8H,4,6,9H2,1-3H3/b7-5-. The summed E-state index contributed by atoms with van der Waals surface area (Å²) in [4.78, 5) is 0. The largest absolute Gasteiger partial charge is 0.381 e. The molecule has 64 valence electrons. The van der Waals surface area contributed by atoms with Crippen molar-refractivity contribution < 1.29 is 4.74 Å². The number of allylic oxidation sites excluding steroid dienone is 3. The lowest BCUT2D eigenvalue weighted by Gasteiger charge is -1.90. The number of hydrogen-bond donors (Lipinski definition) is 0. The molecule has 0 aliphatic heterocycles. The summed E-state index contributed by atoms with van der Waals surface area (Å²) in [6, 6.07) is 0. The highest BCUT2D eigenvalue weighted by molar-refractivity contribution is 4.94. The Labute approximate surface area is 69.8 Å². The highest BCUT2D eigenvalue weighted by Crippen LogP contribution is 1.97. The van der Waals surface area contributed by atoms with Gasteiger partial charge in [0.25, 0.3) is 0 Å². The van der Waals surface area contributed by atoms with E-state index in [0.29, 0.717) is 0 Å². The molecule has 0 N–H and O–H groups in total. The summed E-state index contributed by atoms with van der Waals surface area (Å²) in [7, 11) is 1.71. The van der Waals surface area contributed by atoms with E-state index in [0.717, 1.165) is 19.4 Å². The molecule has 0 unspecified atom stereocenters. The first-order valence-electron chi connectivity index (χ1n) is 4.04. The van der Waals surface area contributed by atoms with Crippen LogP contribution in [0.2, 0.25) is 0 Å². The molecule has 0 aromatic heterocycles. The molecule has 0 fully saturated rings. The minimum atomic E-state index is 0.731. The van der Waals surface area contributed by atoms with Crippen LogP contribution in [0.1, 0.15) is 26.7 Å². The van der Waals surface area contributed by atoms with Gasteiger partial charge in [-0.15, -0.1) is 0 Å². The van der Waals surface area contributed by atoms with E-state index in [1.807, 2.05) is 0 Å². The fraction of sp³-hybridized carbons (Fsp3) is 0.600. The maximum atomic E-state index is 4.87. The molecule has 0 saturated heterocycles. The Hall–Kier alpha value is -0.560. The Morgan fingerprint density at radius 2 is 1.91 bits per heavy atom. The molecule has 1 heteroatoms. The fourth-order valence-corrected chi connectivity index (χ4v) is 0.750. The summed E-state index contributed by atoms with van der Waals surface area (Å²) < 4.78 is 4.87. The summed E-state index contributed by atoms with van der Waals surface area (Å²) in [6.07, 6.45) is 8.72. The average Bonchev–Trinajstić information content (AvgIpc) is 1.96. The third-order valence-electron chi connectivity index (χ3n) is 1.32. The summed E-state index contributed by atoms with van der Waals surface area (Å²) in [5, 5.41) is 0. The minimum absolute atomic E-state index is 0.731. The molecule has 0 aromatic rings. The van der Waals surface area contributed by atoms with E-state index >= 15 is 0 Å². The molecule has 0 aliphatic carbocycles. The van der Waals surface area contributed by atoms with Gasteiger partial charge in [0, 0.05) is 7.11 Å². The highest BCUT2D eigenvalue weighted by Gasteiger charge is 1.78. The SMILES string of the molecule is COC/C=C\CCC=C(C)C. The van der Waals surface area contributed by atoms with Gasteiger partial charge in [-0.25, -0.2) is 0 Å². The third-order valence-corrected chi connectivity index (χ3v) is 1.32. The van der Waals surface area contributed by atoms with Crippen molar-refractivity contribution in [2.24, 2.45) is 0 Å². The summed E-state index contributed by atoms with van der Waals surface area (Å²) >= 11 is 0.